The van der Waals surface area contributed by atoms with Crippen LogP contribution < -0.4 is 11.5 Å². The highest BCUT2D eigenvalue weighted by Crippen LogP contribution is 2.68. The Balaban J connectivity index is 0.000000342. The van der Waals surface area contributed by atoms with Crippen molar-refractivity contribution in [2.24, 2.45) is 57.8 Å². The Bertz CT molecular complexity index is 810. The van der Waals surface area contributed by atoms with E-state index in [1.165, 1.54) is 25.7 Å². The SMILES string of the molecule is C[C@H](CCC(=O)O)[C@H]1CC[C@H]2[C@@H]3[C@H](O)C[C@@H]4C[C@H](O)CC[C@]4(C)[C@H]3CC[C@]12C.NCCCC[C@H](N)C(=O)O. The number of unbranched alkanes of at least 4 members (excludes halogenated alkanes) is 1. The quantitative estimate of drug-likeness (QED) is 0.239. The summed E-state index contributed by atoms with van der Waals surface area (Å²) in [5.74, 6) is 1.42. The van der Waals surface area contributed by atoms with Gasteiger partial charge in [-0.15, -0.1) is 0 Å². The molecular weight excluding hydrogens is 484 g/mol. The molecule has 8 N–H and O–H groups in total. The zero-order valence-electron chi connectivity index (χ0n) is 23.9. The maximum Gasteiger partial charge on any atom is 0.320 e. The van der Waals surface area contributed by atoms with E-state index in [0.717, 1.165) is 44.9 Å². The number of aliphatic hydroxyl groups is 2. The number of hydrogen-bond acceptors (Lipinski definition) is 6. The molecule has 0 spiro atoms. The first-order chi connectivity index (χ1) is 17.8. The third-order valence-corrected chi connectivity index (χ3v) is 11.5. The predicted molar refractivity (Wildman–Crippen MR) is 147 cm³/mol. The highest BCUT2D eigenvalue weighted by molar-refractivity contribution is 5.72. The molecule has 0 amide bonds. The molecule has 38 heavy (non-hydrogen) atoms. The third kappa shape index (κ3) is 6.56. The lowest BCUT2D eigenvalue weighted by Crippen LogP contribution is -2.58. The number of rotatable bonds is 9. The fourth-order valence-electron chi connectivity index (χ4n) is 9.36. The number of aliphatic carboxylic acids is 2. The number of aliphatic hydroxyl groups excluding tert-OH is 2. The molecule has 0 radical (unpaired) electrons. The summed E-state index contributed by atoms with van der Waals surface area (Å²) in [6.45, 7) is 7.77. The average molecular weight is 539 g/mol. The lowest BCUT2D eigenvalue weighted by molar-refractivity contribution is -0.174. The summed E-state index contributed by atoms with van der Waals surface area (Å²) in [7, 11) is 0. The molecule has 4 aliphatic carbocycles. The zero-order chi connectivity index (χ0) is 28.3. The second-order valence-electron chi connectivity index (χ2n) is 13.6. The van der Waals surface area contributed by atoms with Crippen molar-refractivity contribution >= 4 is 11.9 Å². The Morgan fingerprint density at radius 3 is 2.21 bits per heavy atom. The molecule has 0 saturated heterocycles. The molecule has 8 heteroatoms. The van der Waals surface area contributed by atoms with Gasteiger partial charge in [0.15, 0.2) is 0 Å². The Morgan fingerprint density at radius 1 is 0.921 bits per heavy atom. The van der Waals surface area contributed by atoms with Crippen LogP contribution in [-0.4, -0.2) is 57.2 Å². The highest BCUT2D eigenvalue weighted by atomic mass is 16.4. The minimum absolute atomic E-state index is 0.179. The fraction of sp³-hybridized carbons (Fsp3) is 0.933. The van der Waals surface area contributed by atoms with E-state index in [0.29, 0.717) is 48.5 Å². The molecule has 4 fully saturated rings. The number of carbonyl (C=O) groups is 2. The van der Waals surface area contributed by atoms with Crippen molar-refractivity contribution in [2.45, 2.75) is 122 Å². The van der Waals surface area contributed by atoms with Crippen molar-refractivity contribution in [1.29, 1.82) is 0 Å². The van der Waals surface area contributed by atoms with E-state index < -0.39 is 18.0 Å². The summed E-state index contributed by atoms with van der Waals surface area (Å²) in [6.07, 6.45) is 11.4. The van der Waals surface area contributed by atoms with Crippen LogP contribution in [0.2, 0.25) is 0 Å². The van der Waals surface area contributed by atoms with Crippen LogP contribution in [0.1, 0.15) is 104 Å². The van der Waals surface area contributed by atoms with Crippen molar-refractivity contribution in [3.05, 3.63) is 0 Å². The van der Waals surface area contributed by atoms with Crippen LogP contribution in [-0.2, 0) is 9.59 Å². The molecule has 0 bridgehead atoms. The van der Waals surface area contributed by atoms with E-state index in [1.807, 2.05) is 0 Å². The molecule has 220 valence electrons. The first-order valence-electron chi connectivity index (χ1n) is 15.1. The molecule has 4 saturated carbocycles. The van der Waals surface area contributed by atoms with Crippen LogP contribution in [0.5, 0.6) is 0 Å². The van der Waals surface area contributed by atoms with Gasteiger partial charge in [0.25, 0.3) is 0 Å². The van der Waals surface area contributed by atoms with Gasteiger partial charge in [-0.2, -0.15) is 0 Å². The van der Waals surface area contributed by atoms with Gasteiger partial charge >= 0.3 is 11.9 Å². The number of nitrogens with two attached hydrogens (primary N) is 2. The van der Waals surface area contributed by atoms with Crippen LogP contribution in [0, 0.1) is 46.3 Å². The second kappa shape index (κ2) is 13.0. The van der Waals surface area contributed by atoms with Crippen LogP contribution >= 0.6 is 0 Å². The summed E-state index contributed by atoms with van der Waals surface area (Å²) < 4.78 is 0. The van der Waals surface area contributed by atoms with Gasteiger partial charge in [0.1, 0.15) is 6.04 Å². The summed E-state index contributed by atoms with van der Waals surface area (Å²) in [6, 6.07) is -0.716. The second-order valence-corrected chi connectivity index (χ2v) is 13.6. The largest absolute Gasteiger partial charge is 0.481 e. The smallest absolute Gasteiger partial charge is 0.320 e. The first-order valence-corrected chi connectivity index (χ1v) is 15.1. The van der Waals surface area contributed by atoms with Crippen molar-refractivity contribution in [1.82, 2.24) is 0 Å². The molecule has 4 aliphatic rings. The van der Waals surface area contributed by atoms with Gasteiger partial charge in [-0.25, -0.2) is 0 Å². The van der Waals surface area contributed by atoms with Crippen molar-refractivity contribution in [2.75, 3.05) is 6.54 Å². The fourth-order valence-corrected chi connectivity index (χ4v) is 9.36. The van der Waals surface area contributed by atoms with Crippen LogP contribution in [0.15, 0.2) is 0 Å². The van der Waals surface area contributed by atoms with E-state index >= 15 is 0 Å². The van der Waals surface area contributed by atoms with E-state index in [9.17, 15) is 19.8 Å². The van der Waals surface area contributed by atoms with Gasteiger partial charge in [-0.05, 0) is 124 Å². The van der Waals surface area contributed by atoms with Gasteiger partial charge in [0, 0.05) is 6.42 Å². The third-order valence-electron chi connectivity index (χ3n) is 11.5. The number of carboxylic acid groups (broad SMARTS) is 2. The summed E-state index contributed by atoms with van der Waals surface area (Å²) >= 11 is 0. The average Bonchev–Trinajstić information content (AvgIpc) is 3.21. The molecule has 4 rings (SSSR count). The number of carboxylic acids is 2. The Labute approximate surface area is 228 Å². The monoisotopic (exact) mass is 538 g/mol. The lowest BCUT2D eigenvalue weighted by atomic mass is 9.43. The number of hydrogen-bond donors (Lipinski definition) is 6. The molecule has 0 unspecified atom stereocenters. The van der Waals surface area contributed by atoms with Gasteiger partial charge in [-0.1, -0.05) is 27.2 Å². The normalized spacial score (nSPS) is 41.5. The van der Waals surface area contributed by atoms with E-state index in [-0.39, 0.29) is 29.5 Å². The van der Waals surface area contributed by atoms with Crippen molar-refractivity contribution in [3.8, 4) is 0 Å². The molecule has 11 atom stereocenters. The van der Waals surface area contributed by atoms with Crippen LogP contribution in [0.4, 0.5) is 0 Å². The van der Waals surface area contributed by atoms with E-state index in [1.54, 1.807) is 0 Å². The van der Waals surface area contributed by atoms with E-state index in [4.69, 9.17) is 21.7 Å². The zero-order valence-corrected chi connectivity index (χ0v) is 23.9. The molecular formula is C30H54N2O6. The molecule has 0 heterocycles. The number of fused-ring (bicyclic) bond motifs is 5. The standard InChI is InChI=1S/C24H40O4.C6H14N2O2/c1-14(4-7-21(27)28)17-5-6-18-22-19(9-11-24(17,18)3)23(2)10-8-16(25)12-15(23)13-20(22)26;7-4-2-1-3-5(8)6(9)10/h14-20,22,25-26H,4-13H2,1-3H3,(H,27,28);5H,1-4,7-8H2,(H,9,10)/t14-,15+,16-,17-,18+,19+,20-,22+,23+,24-;5-/m10/s1. The molecule has 0 aliphatic heterocycles. The van der Waals surface area contributed by atoms with Crippen molar-refractivity contribution < 1.29 is 30.0 Å². The Kier molecular flexibility index (Phi) is 10.7. The van der Waals surface area contributed by atoms with Gasteiger partial charge in [0.2, 0.25) is 0 Å². The highest BCUT2D eigenvalue weighted by Gasteiger charge is 2.62. The van der Waals surface area contributed by atoms with Gasteiger partial charge in [-0.3, -0.25) is 9.59 Å². The van der Waals surface area contributed by atoms with Gasteiger partial charge < -0.3 is 31.9 Å². The van der Waals surface area contributed by atoms with Crippen LogP contribution in [0.25, 0.3) is 0 Å². The summed E-state index contributed by atoms with van der Waals surface area (Å²) in [5, 5.41) is 38.9. The molecule has 8 nitrogen and oxygen atoms in total. The van der Waals surface area contributed by atoms with Crippen LogP contribution in [0.3, 0.4) is 0 Å². The Hall–Kier alpha value is -1.22. The summed E-state index contributed by atoms with van der Waals surface area (Å²) in [5.41, 5.74) is 10.9. The summed E-state index contributed by atoms with van der Waals surface area (Å²) in [4.78, 5) is 21.2. The maximum absolute atomic E-state index is 11.2. The maximum atomic E-state index is 11.2. The molecule has 0 aromatic rings. The van der Waals surface area contributed by atoms with Crippen molar-refractivity contribution in [3.63, 3.8) is 0 Å². The predicted octanol–water partition coefficient (Wildman–Crippen LogP) is 4.01. The van der Waals surface area contributed by atoms with E-state index in [2.05, 4.69) is 20.8 Å². The first kappa shape index (κ1) is 31.3. The topological polar surface area (TPSA) is 167 Å². The minimum Gasteiger partial charge on any atom is -0.481 e. The van der Waals surface area contributed by atoms with Gasteiger partial charge in [0.05, 0.1) is 12.2 Å². The lowest BCUT2D eigenvalue weighted by Gasteiger charge is -2.62. The Morgan fingerprint density at radius 2 is 1.58 bits per heavy atom. The molecule has 0 aromatic heterocycles. The minimum atomic E-state index is -0.933. The molecule has 0 aromatic carbocycles.